The van der Waals surface area contributed by atoms with Crippen LogP contribution in [0.2, 0.25) is 0 Å². The Kier molecular flexibility index (Phi) is 4.04. The minimum atomic E-state index is 0.0954. The number of hydrogen-bond donors (Lipinski definition) is 2. The molecule has 5 heteroatoms. The van der Waals surface area contributed by atoms with Crippen LogP contribution in [0.3, 0.4) is 0 Å². The smallest absolute Gasteiger partial charge is 0.105 e. The van der Waals surface area contributed by atoms with Crippen LogP contribution in [0.1, 0.15) is 28.0 Å². The summed E-state index contributed by atoms with van der Waals surface area (Å²) in [5.41, 5.74) is 4.00. The molecular formula is C12H15BrN2OS. The van der Waals surface area contributed by atoms with Gasteiger partial charge in [-0.15, -0.1) is 11.3 Å². The van der Waals surface area contributed by atoms with E-state index in [0.717, 1.165) is 27.3 Å². The van der Waals surface area contributed by atoms with E-state index in [1.165, 1.54) is 4.88 Å². The molecule has 1 atom stereocenters. The average molecular weight is 315 g/mol. The number of nitrogens with two attached hydrogens (primary N) is 1. The van der Waals surface area contributed by atoms with E-state index in [9.17, 15) is 0 Å². The van der Waals surface area contributed by atoms with Gasteiger partial charge in [0.2, 0.25) is 0 Å². The molecule has 0 fully saturated rings. The van der Waals surface area contributed by atoms with Gasteiger partial charge in [-0.1, -0.05) is 0 Å². The summed E-state index contributed by atoms with van der Waals surface area (Å²) in [5, 5.41) is 0. The zero-order valence-corrected chi connectivity index (χ0v) is 12.2. The summed E-state index contributed by atoms with van der Waals surface area (Å²) in [6.45, 7) is 3.92. The Morgan fingerprint density at radius 2 is 2.24 bits per heavy atom. The lowest BCUT2D eigenvalue weighted by atomic mass is 10.0. The number of rotatable bonds is 4. The van der Waals surface area contributed by atoms with Gasteiger partial charge in [-0.2, -0.15) is 0 Å². The van der Waals surface area contributed by atoms with Crippen molar-refractivity contribution in [2.75, 3.05) is 0 Å². The van der Waals surface area contributed by atoms with Gasteiger partial charge >= 0.3 is 0 Å². The number of thiophene rings is 1. The normalized spacial score (nSPS) is 12.9. The highest BCUT2D eigenvalue weighted by molar-refractivity contribution is 9.11. The van der Waals surface area contributed by atoms with Crippen molar-refractivity contribution in [1.29, 1.82) is 0 Å². The fraction of sp³-hybridized carbons (Fsp3) is 0.333. The van der Waals surface area contributed by atoms with E-state index in [2.05, 4.69) is 33.5 Å². The highest BCUT2D eigenvalue weighted by Crippen LogP contribution is 2.29. The van der Waals surface area contributed by atoms with Gasteiger partial charge in [-0.05, 0) is 48.0 Å². The van der Waals surface area contributed by atoms with Gasteiger partial charge in [-0.25, -0.2) is 0 Å². The molecule has 3 N–H and O–H groups in total. The van der Waals surface area contributed by atoms with E-state index in [1.807, 2.05) is 19.9 Å². The number of halogens is 1. The van der Waals surface area contributed by atoms with Crippen LogP contribution in [0.5, 0.6) is 0 Å². The topological polar surface area (TPSA) is 51.2 Å². The van der Waals surface area contributed by atoms with E-state index in [0.29, 0.717) is 0 Å². The molecule has 3 nitrogen and oxygen atoms in total. The van der Waals surface area contributed by atoms with Gasteiger partial charge in [0.25, 0.3) is 0 Å². The third kappa shape index (κ3) is 2.98. The van der Waals surface area contributed by atoms with Crippen molar-refractivity contribution in [3.8, 4) is 0 Å². The lowest BCUT2D eigenvalue weighted by Gasteiger charge is -2.13. The minimum absolute atomic E-state index is 0.0954. The molecule has 0 aliphatic rings. The summed E-state index contributed by atoms with van der Waals surface area (Å²) in [5.74, 6) is 7.49. The number of hydrogen-bond acceptors (Lipinski definition) is 4. The number of furan rings is 1. The summed E-state index contributed by atoms with van der Waals surface area (Å²) in [6.07, 6.45) is 0.868. The number of aryl methyl sites for hydroxylation is 2. The average Bonchev–Trinajstić information content (AvgIpc) is 2.82. The fourth-order valence-corrected chi connectivity index (χ4v) is 3.45. The zero-order valence-electron chi connectivity index (χ0n) is 9.79. The quantitative estimate of drug-likeness (QED) is 0.671. The van der Waals surface area contributed by atoms with E-state index in [1.54, 1.807) is 11.3 Å². The third-order valence-corrected chi connectivity index (χ3v) is 4.34. The predicted molar refractivity (Wildman–Crippen MR) is 74.0 cm³/mol. The molecule has 1 unspecified atom stereocenters. The Bertz CT molecular complexity index is 506. The molecule has 2 heterocycles. The molecule has 2 aromatic heterocycles. The summed E-state index contributed by atoms with van der Waals surface area (Å²) >= 11 is 5.20. The molecule has 0 bridgehead atoms. The minimum Gasteiger partial charge on any atom is -0.466 e. The van der Waals surface area contributed by atoms with Gasteiger partial charge in [-0.3, -0.25) is 11.3 Å². The second-order valence-electron chi connectivity index (χ2n) is 4.00. The molecule has 2 aromatic rings. The molecule has 0 spiro atoms. The van der Waals surface area contributed by atoms with Crippen molar-refractivity contribution in [1.82, 2.24) is 5.43 Å². The number of nitrogens with one attached hydrogen (secondary N) is 1. The Morgan fingerprint density at radius 3 is 2.71 bits per heavy atom. The van der Waals surface area contributed by atoms with Crippen molar-refractivity contribution < 1.29 is 4.42 Å². The molecule has 0 amide bonds. The lowest BCUT2D eigenvalue weighted by molar-refractivity contribution is 0.485. The van der Waals surface area contributed by atoms with Gasteiger partial charge < -0.3 is 4.42 Å². The second-order valence-corrected chi connectivity index (χ2v) is 6.55. The van der Waals surface area contributed by atoms with Gasteiger partial charge in [0, 0.05) is 16.9 Å². The molecule has 0 saturated heterocycles. The molecule has 0 aliphatic heterocycles. The summed E-state index contributed by atoms with van der Waals surface area (Å²) in [6, 6.07) is 6.31. The van der Waals surface area contributed by atoms with Gasteiger partial charge in [0.15, 0.2) is 0 Å². The molecule has 17 heavy (non-hydrogen) atoms. The van der Waals surface area contributed by atoms with Crippen LogP contribution >= 0.6 is 27.3 Å². The first-order valence-corrected chi connectivity index (χ1v) is 6.98. The Labute approximate surface area is 113 Å². The molecule has 2 rings (SSSR count). The monoisotopic (exact) mass is 314 g/mol. The van der Waals surface area contributed by atoms with Crippen LogP contribution in [0.15, 0.2) is 26.4 Å². The van der Waals surface area contributed by atoms with Crippen molar-refractivity contribution in [2.45, 2.75) is 26.3 Å². The standard InChI is InChI=1S/C12H15BrN2OS/c1-7-5-10(8(2)16-7)11(15-14)6-9-3-4-12(13)17-9/h3-5,11,15H,6,14H2,1-2H3. The predicted octanol–water partition coefficient (Wildman–Crippen LogP) is 3.47. The van der Waals surface area contributed by atoms with E-state index < -0.39 is 0 Å². The largest absolute Gasteiger partial charge is 0.466 e. The van der Waals surface area contributed by atoms with Crippen LogP contribution in [0, 0.1) is 13.8 Å². The van der Waals surface area contributed by atoms with Gasteiger partial charge in [0.1, 0.15) is 11.5 Å². The first-order chi connectivity index (χ1) is 8.10. The van der Waals surface area contributed by atoms with E-state index >= 15 is 0 Å². The third-order valence-electron chi connectivity index (χ3n) is 2.69. The van der Waals surface area contributed by atoms with Crippen LogP contribution < -0.4 is 11.3 Å². The van der Waals surface area contributed by atoms with Crippen molar-refractivity contribution in [3.05, 3.63) is 43.9 Å². The summed E-state index contributed by atoms with van der Waals surface area (Å²) in [4.78, 5) is 1.29. The molecule has 0 saturated carbocycles. The maximum Gasteiger partial charge on any atom is 0.105 e. The van der Waals surface area contributed by atoms with Crippen molar-refractivity contribution >= 4 is 27.3 Å². The fourth-order valence-electron chi connectivity index (χ4n) is 1.92. The van der Waals surface area contributed by atoms with Crippen LogP contribution in [-0.2, 0) is 6.42 Å². The molecule has 0 aliphatic carbocycles. The van der Waals surface area contributed by atoms with Crippen molar-refractivity contribution in [3.63, 3.8) is 0 Å². The summed E-state index contributed by atoms with van der Waals surface area (Å²) < 4.78 is 6.68. The Balaban J connectivity index is 2.19. The first-order valence-electron chi connectivity index (χ1n) is 5.37. The number of hydrazine groups is 1. The second kappa shape index (κ2) is 5.35. The SMILES string of the molecule is Cc1cc(C(Cc2ccc(Br)s2)NN)c(C)o1. The van der Waals surface area contributed by atoms with Crippen LogP contribution in [0.25, 0.3) is 0 Å². The first kappa shape index (κ1) is 12.8. The van der Waals surface area contributed by atoms with Gasteiger partial charge in [0.05, 0.1) is 9.83 Å². The van der Waals surface area contributed by atoms with Crippen LogP contribution in [-0.4, -0.2) is 0 Å². The molecule has 0 radical (unpaired) electrons. The molecule has 92 valence electrons. The summed E-state index contributed by atoms with van der Waals surface area (Å²) in [7, 11) is 0. The van der Waals surface area contributed by atoms with Crippen LogP contribution in [0.4, 0.5) is 0 Å². The van der Waals surface area contributed by atoms with Crippen molar-refractivity contribution in [2.24, 2.45) is 5.84 Å². The maximum atomic E-state index is 5.64. The molecular weight excluding hydrogens is 300 g/mol. The Hall–Kier alpha value is -0.620. The maximum absolute atomic E-state index is 5.64. The van der Waals surface area contributed by atoms with E-state index in [4.69, 9.17) is 10.3 Å². The Morgan fingerprint density at radius 1 is 1.47 bits per heavy atom. The van der Waals surface area contributed by atoms with E-state index in [-0.39, 0.29) is 6.04 Å². The zero-order chi connectivity index (χ0) is 12.4. The highest BCUT2D eigenvalue weighted by Gasteiger charge is 2.17. The highest BCUT2D eigenvalue weighted by atomic mass is 79.9. The lowest BCUT2D eigenvalue weighted by Crippen LogP contribution is -2.29. The molecule has 0 aromatic carbocycles.